The first kappa shape index (κ1) is 15.7. The number of hydrogen-bond donors (Lipinski definition) is 1. The molecular weight excluding hydrogens is 293 g/mol. The number of carboxylic acid groups (broad SMARTS) is 1. The lowest BCUT2D eigenvalue weighted by Crippen LogP contribution is -2.23. The maximum absolute atomic E-state index is 13.8. The molecule has 0 spiro atoms. The third-order valence-corrected chi connectivity index (χ3v) is 4.62. The first-order valence-corrected chi connectivity index (χ1v) is 7.94. The van der Waals surface area contributed by atoms with E-state index in [0.29, 0.717) is 11.6 Å². The molecule has 1 aliphatic heterocycles. The minimum atomic E-state index is -1.24. The van der Waals surface area contributed by atoms with Gasteiger partial charge in [0, 0.05) is 6.04 Å². The highest BCUT2D eigenvalue weighted by Crippen LogP contribution is 2.29. The van der Waals surface area contributed by atoms with E-state index >= 15 is 0 Å². The highest BCUT2D eigenvalue weighted by molar-refractivity contribution is 5.96. The molecule has 1 N–H and O–H groups in total. The number of likely N-dealkylation sites (tertiary alicyclic amines) is 1. The average molecular weight is 313 g/mol. The van der Waals surface area contributed by atoms with Gasteiger partial charge in [-0.1, -0.05) is 36.4 Å². The third-order valence-electron chi connectivity index (χ3n) is 4.62. The molecule has 0 radical (unpaired) electrons. The van der Waals surface area contributed by atoms with Crippen LogP contribution in [0.3, 0.4) is 0 Å². The van der Waals surface area contributed by atoms with E-state index < -0.39 is 11.8 Å². The van der Waals surface area contributed by atoms with Crippen molar-refractivity contribution < 1.29 is 14.3 Å². The van der Waals surface area contributed by atoms with Crippen LogP contribution in [0.4, 0.5) is 4.39 Å². The van der Waals surface area contributed by atoms with Crippen LogP contribution >= 0.6 is 0 Å². The smallest absolute Gasteiger partial charge is 0.339 e. The fraction of sp³-hybridized carbons (Fsp3) is 0.316. The molecule has 3 rings (SSSR count). The Bertz CT molecular complexity index is 706. The molecule has 2 aromatic rings. The van der Waals surface area contributed by atoms with Crippen molar-refractivity contribution in [1.29, 1.82) is 0 Å². The maximum atomic E-state index is 13.8. The van der Waals surface area contributed by atoms with Crippen molar-refractivity contribution in [3.8, 4) is 11.1 Å². The second kappa shape index (κ2) is 6.50. The van der Waals surface area contributed by atoms with Crippen LogP contribution in [0.1, 0.15) is 41.7 Å². The summed E-state index contributed by atoms with van der Waals surface area (Å²) >= 11 is 0. The predicted octanol–water partition coefficient (Wildman–Crippen LogP) is 4.35. The van der Waals surface area contributed by atoms with Crippen molar-refractivity contribution in [2.24, 2.45) is 0 Å². The fourth-order valence-corrected chi connectivity index (χ4v) is 3.26. The van der Waals surface area contributed by atoms with Crippen molar-refractivity contribution in [3.63, 3.8) is 0 Å². The van der Waals surface area contributed by atoms with Gasteiger partial charge >= 0.3 is 5.97 Å². The minimum Gasteiger partial charge on any atom is -0.478 e. The van der Waals surface area contributed by atoms with Crippen molar-refractivity contribution in [1.82, 2.24) is 4.90 Å². The van der Waals surface area contributed by atoms with Crippen LogP contribution < -0.4 is 0 Å². The summed E-state index contributed by atoms with van der Waals surface area (Å²) in [6, 6.07) is 12.5. The molecule has 1 heterocycles. The van der Waals surface area contributed by atoms with Crippen LogP contribution in [0.2, 0.25) is 0 Å². The Labute approximate surface area is 135 Å². The molecule has 0 saturated carbocycles. The molecule has 0 aliphatic carbocycles. The molecule has 1 saturated heterocycles. The topological polar surface area (TPSA) is 40.5 Å². The van der Waals surface area contributed by atoms with Crippen LogP contribution in [0.15, 0.2) is 42.5 Å². The zero-order chi connectivity index (χ0) is 16.4. The summed E-state index contributed by atoms with van der Waals surface area (Å²) in [5.41, 5.74) is 2.06. The van der Waals surface area contributed by atoms with E-state index in [9.17, 15) is 14.3 Å². The van der Waals surface area contributed by atoms with E-state index in [1.165, 1.54) is 30.5 Å². The predicted molar refractivity (Wildman–Crippen MR) is 88.0 cm³/mol. The van der Waals surface area contributed by atoms with Crippen LogP contribution in [-0.2, 0) is 0 Å². The summed E-state index contributed by atoms with van der Waals surface area (Å²) in [6.45, 7) is 4.43. The summed E-state index contributed by atoms with van der Waals surface area (Å²) in [7, 11) is 0. The largest absolute Gasteiger partial charge is 0.478 e. The average Bonchev–Trinajstić information content (AvgIpc) is 3.08. The molecule has 0 unspecified atom stereocenters. The second-order valence-corrected chi connectivity index (χ2v) is 6.01. The summed E-state index contributed by atoms with van der Waals surface area (Å²) in [5.74, 6) is -1.95. The quantitative estimate of drug-likeness (QED) is 0.912. The van der Waals surface area contributed by atoms with E-state index in [1.807, 2.05) is 24.3 Å². The van der Waals surface area contributed by atoms with Crippen LogP contribution in [0, 0.1) is 5.82 Å². The highest BCUT2D eigenvalue weighted by atomic mass is 19.1. The SMILES string of the molecule is C[C@H](c1ccc(-c2cccc(F)c2C(=O)O)cc1)N1CCCC1. The first-order valence-electron chi connectivity index (χ1n) is 7.94. The monoisotopic (exact) mass is 313 g/mol. The lowest BCUT2D eigenvalue weighted by Gasteiger charge is -2.24. The Hall–Kier alpha value is -2.20. The third kappa shape index (κ3) is 3.13. The minimum absolute atomic E-state index is 0.271. The van der Waals surface area contributed by atoms with E-state index in [1.54, 1.807) is 6.07 Å². The standard InChI is InChI=1S/C19H20FNO2/c1-13(21-11-2-3-12-21)14-7-9-15(10-8-14)16-5-4-6-17(20)18(16)19(22)23/h4-10,13H,2-3,11-12H2,1H3,(H,22,23)/t13-/m1/s1. The van der Waals surface area contributed by atoms with Crippen LogP contribution in [0.5, 0.6) is 0 Å². The molecule has 120 valence electrons. The molecule has 0 amide bonds. The fourth-order valence-electron chi connectivity index (χ4n) is 3.26. The van der Waals surface area contributed by atoms with E-state index in [4.69, 9.17) is 0 Å². The van der Waals surface area contributed by atoms with Crippen molar-refractivity contribution >= 4 is 5.97 Å². The van der Waals surface area contributed by atoms with Gasteiger partial charge in [-0.05, 0) is 55.6 Å². The van der Waals surface area contributed by atoms with Crippen molar-refractivity contribution in [2.45, 2.75) is 25.8 Å². The van der Waals surface area contributed by atoms with Gasteiger partial charge in [-0.3, -0.25) is 4.90 Å². The molecule has 4 heteroatoms. The number of carbonyl (C=O) groups is 1. The summed E-state index contributed by atoms with van der Waals surface area (Å²) in [5, 5.41) is 9.25. The first-order chi connectivity index (χ1) is 11.1. The van der Waals surface area contributed by atoms with Gasteiger partial charge in [-0.15, -0.1) is 0 Å². The molecule has 0 bridgehead atoms. The molecule has 23 heavy (non-hydrogen) atoms. The molecular formula is C19H20FNO2. The van der Waals surface area contributed by atoms with Gasteiger partial charge in [0.05, 0.1) is 0 Å². The molecule has 3 nitrogen and oxygen atoms in total. The van der Waals surface area contributed by atoms with Gasteiger partial charge in [-0.2, -0.15) is 0 Å². The molecule has 2 aromatic carbocycles. The highest BCUT2D eigenvalue weighted by Gasteiger charge is 2.20. The zero-order valence-corrected chi connectivity index (χ0v) is 13.1. The second-order valence-electron chi connectivity index (χ2n) is 6.01. The van der Waals surface area contributed by atoms with Gasteiger partial charge < -0.3 is 5.11 Å². The summed E-state index contributed by atoms with van der Waals surface area (Å²) in [6.07, 6.45) is 2.49. The lowest BCUT2D eigenvalue weighted by molar-refractivity contribution is 0.0693. The normalized spacial score (nSPS) is 16.4. The summed E-state index contributed by atoms with van der Waals surface area (Å²) < 4.78 is 13.8. The number of hydrogen-bond acceptors (Lipinski definition) is 2. The number of benzene rings is 2. The molecule has 0 aromatic heterocycles. The zero-order valence-electron chi connectivity index (χ0n) is 13.1. The maximum Gasteiger partial charge on any atom is 0.339 e. The Kier molecular flexibility index (Phi) is 4.44. The number of carboxylic acids is 1. The number of nitrogens with zero attached hydrogens (tertiary/aromatic N) is 1. The Balaban J connectivity index is 1.91. The van der Waals surface area contributed by atoms with Gasteiger partial charge in [0.2, 0.25) is 0 Å². The number of aromatic carboxylic acids is 1. The number of halogens is 1. The Morgan fingerprint density at radius 3 is 2.39 bits per heavy atom. The van der Waals surface area contributed by atoms with Gasteiger partial charge in [-0.25, -0.2) is 9.18 Å². The summed E-state index contributed by atoms with van der Waals surface area (Å²) in [4.78, 5) is 13.8. The number of rotatable bonds is 4. The van der Waals surface area contributed by atoms with Crippen LogP contribution in [-0.4, -0.2) is 29.1 Å². The van der Waals surface area contributed by atoms with E-state index in [0.717, 1.165) is 18.7 Å². The lowest BCUT2D eigenvalue weighted by atomic mass is 9.97. The molecule has 1 aliphatic rings. The van der Waals surface area contributed by atoms with Crippen molar-refractivity contribution in [2.75, 3.05) is 13.1 Å². The van der Waals surface area contributed by atoms with E-state index in [2.05, 4.69) is 11.8 Å². The Morgan fingerprint density at radius 1 is 1.13 bits per heavy atom. The molecule has 1 fully saturated rings. The van der Waals surface area contributed by atoms with Gasteiger partial charge in [0.25, 0.3) is 0 Å². The van der Waals surface area contributed by atoms with Crippen LogP contribution in [0.25, 0.3) is 11.1 Å². The Morgan fingerprint density at radius 2 is 1.78 bits per heavy atom. The van der Waals surface area contributed by atoms with Crippen molar-refractivity contribution in [3.05, 3.63) is 59.4 Å². The van der Waals surface area contributed by atoms with E-state index in [-0.39, 0.29) is 5.56 Å². The van der Waals surface area contributed by atoms with Gasteiger partial charge in [0.15, 0.2) is 0 Å². The van der Waals surface area contributed by atoms with Gasteiger partial charge in [0.1, 0.15) is 11.4 Å². The molecule has 1 atom stereocenters.